The Morgan fingerprint density at radius 3 is 2.58 bits per heavy atom. The van der Waals surface area contributed by atoms with Gasteiger partial charge in [-0.05, 0) is 46.5 Å². The molecule has 1 heterocycles. The van der Waals surface area contributed by atoms with Gasteiger partial charge in [0.05, 0.1) is 23.4 Å². The highest BCUT2D eigenvalue weighted by Crippen LogP contribution is 2.42. The monoisotopic (exact) mass is 262 g/mol. The molecule has 1 aromatic heterocycles. The Morgan fingerprint density at radius 2 is 2.11 bits per heavy atom. The molecule has 0 bridgehead atoms. The molecule has 2 rings (SSSR count). The molecule has 0 amide bonds. The van der Waals surface area contributed by atoms with Gasteiger partial charge in [-0.3, -0.25) is 4.98 Å². The molecule has 1 fully saturated rings. The van der Waals surface area contributed by atoms with Crippen molar-refractivity contribution in [3.8, 4) is 11.8 Å². The summed E-state index contributed by atoms with van der Waals surface area (Å²) in [5.41, 5.74) is 0.439. The third-order valence-corrected chi connectivity index (χ3v) is 3.08. The van der Waals surface area contributed by atoms with Crippen LogP contribution in [0.1, 0.15) is 50.9 Å². The molecule has 19 heavy (non-hydrogen) atoms. The van der Waals surface area contributed by atoms with Gasteiger partial charge in [-0.1, -0.05) is 0 Å². The first-order valence-electron chi connectivity index (χ1n) is 6.57. The van der Waals surface area contributed by atoms with Crippen LogP contribution in [0.3, 0.4) is 0 Å². The van der Waals surface area contributed by atoms with Crippen LogP contribution in [0, 0.1) is 30.0 Å². The molecule has 1 aliphatic rings. The minimum absolute atomic E-state index is 0.191. The number of nitrogens with zero attached hydrogens (tertiary/aromatic N) is 2. The van der Waals surface area contributed by atoms with Crippen molar-refractivity contribution in [2.45, 2.75) is 52.1 Å². The molecule has 1 saturated carbocycles. The van der Waals surface area contributed by atoms with E-state index in [1.807, 2.05) is 20.8 Å². The molecule has 1 aromatic rings. The highest BCUT2D eigenvalue weighted by molar-refractivity contribution is 5.34. The lowest BCUT2D eigenvalue weighted by Crippen LogP contribution is -2.24. The van der Waals surface area contributed by atoms with Crippen molar-refractivity contribution in [3.05, 3.63) is 23.3 Å². The SMILES string of the molecule is Cc1nc(C(C#N)C2CC2)cc(OC(C)(C)C)c1F. The Kier molecular flexibility index (Phi) is 3.49. The standard InChI is InChI=1S/C15H19FN2O/c1-9-14(16)13(19-15(2,3)4)7-12(18-9)11(8-17)10-5-6-10/h7,10-11H,5-6H2,1-4H3. The predicted molar refractivity (Wildman–Crippen MR) is 70.4 cm³/mol. The summed E-state index contributed by atoms with van der Waals surface area (Å²) in [6, 6.07) is 3.86. The second-order valence-electron chi connectivity index (χ2n) is 6.10. The summed E-state index contributed by atoms with van der Waals surface area (Å²) in [4.78, 5) is 4.22. The maximum Gasteiger partial charge on any atom is 0.186 e. The van der Waals surface area contributed by atoms with Crippen LogP contribution in [0.15, 0.2) is 6.07 Å². The van der Waals surface area contributed by atoms with Gasteiger partial charge in [0.25, 0.3) is 0 Å². The molecular formula is C15H19FN2O. The van der Waals surface area contributed by atoms with E-state index in [1.165, 1.54) is 0 Å². The summed E-state index contributed by atoms with van der Waals surface area (Å²) in [6.45, 7) is 7.20. The summed E-state index contributed by atoms with van der Waals surface area (Å²) in [6.07, 6.45) is 2.09. The Morgan fingerprint density at radius 1 is 1.47 bits per heavy atom. The number of hydrogen-bond acceptors (Lipinski definition) is 3. The van der Waals surface area contributed by atoms with E-state index in [2.05, 4.69) is 11.1 Å². The van der Waals surface area contributed by atoms with E-state index in [0.717, 1.165) is 12.8 Å². The number of nitriles is 1. The predicted octanol–water partition coefficient (Wildman–Crippen LogP) is 3.72. The van der Waals surface area contributed by atoms with E-state index in [1.54, 1.807) is 13.0 Å². The molecule has 0 N–H and O–H groups in total. The first-order chi connectivity index (χ1) is 8.81. The Hall–Kier alpha value is -1.63. The quantitative estimate of drug-likeness (QED) is 0.834. The minimum Gasteiger partial charge on any atom is -0.485 e. The van der Waals surface area contributed by atoms with E-state index in [-0.39, 0.29) is 17.4 Å². The third kappa shape index (κ3) is 3.23. The maximum absolute atomic E-state index is 14.0. The highest BCUT2D eigenvalue weighted by atomic mass is 19.1. The Bertz CT molecular complexity index is 524. The highest BCUT2D eigenvalue weighted by Gasteiger charge is 2.34. The fourth-order valence-electron chi connectivity index (χ4n) is 2.06. The number of hydrogen-bond donors (Lipinski definition) is 0. The van der Waals surface area contributed by atoms with Crippen molar-refractivity contribution in [2.75, 3.05) is 0 Å². The largest absolute Gasteiger partial charge is 0.485 e. The van der Waals surface area contributed by atoms with E-state index in [9.17, 15) is 9.65 Å². The van der Waals surface area contributed by atoms with Crippen molar-refractivity contribution >= 4 is 0 Å². The second kappa shape index (κ2) is 4.80. The molecule has 1 atom stereocenters. The molecule has 3 nitrogen and oxygen atoms in total. The van der Waals surface area contributed by atoms with Crippen LogP contribution >= 0.6 is 0 Å². The number of ether oxygens (including phenoxy) is 1. The van der Waals surface area contributed by atoms with Crippen LogP contribution < -0.4 is 4.74 Å². The van der Waals surface area contributed by atoms with Gasteiger partial charge in [0.15, 0.2) is 11.6 Å². The smallest absolute Gasteiger partial charge is 0.186 e. The fraction of sp³-hybridized carbons (Fsp3) is 0.600. The van der Waals surface area contributed by atoms with Crippen LogP contribution in [0.5, 0.6) is 5.75 Å². The lowest BCUT2D eigenvalue weighted by Gasteiger charge is -2.23. The van der Waals surface area contributed by atoms with Crippen molar-refractivity contribution in [1.29, 1.82) is 5.26 Å². The molecule has 0 radical (unpaired) electrons. The zero-order chi connectivity index (χ0) is 14.2. The number of halogens is 1. The van der Waals surface area contributed by atoms with Gasteiger partial charge in [-0.15, -0.1) is 0 Å². The fourth-order valence-corrected chi connectivity index (χ4v) is 2.06. The van der Waals surface area contributed by atoms with Gasteiger partial charge in [-0.25, -0.2) is 4.39 Å². The normalized spacial score (nSPS) is 16.8. The van der Waals surface area contributed by atoms with Crippen molar-refractivity contribution in [3.63, 3.8) is 0 Å². The first kappa shape index (κ1) is 13.8. The third-order valence-electron chi connectivity index (χ3n) is 3.08. The number of aryl methyl sites for hydroxylation is 1. The summed E-state index contributed by atoms with van der Waals surface area (Å²) in [5.74, 6) is -0.131. The van der Waals surface area contributed by atoms with E-state index in [0.29, 0.717) is 11.6 Å². The van der Waals surface area contributed by atoms with Gasteiger partial charge in [0, 0.05) is 6.07 Å². The van der Waals surface area contributed by atoms with Gasteiger partial charge < -0.3 is 4.74 Å². The molecule has 0 saturated heterocycles. The van der Waals surface area contributed by atoms with Crippen LogP contribution in [-0.4, -0.2) is 10.6 Å². The van der Waals surface area contributed by atoms with E-state index < -0.39 is 11.4 Å². The van der Waals surface area contributed by atoms with Crippen molar-refractivity contribution in [2.24, 2.45) is 5.92 Å². The molecule has 0 aromatic carbocycles. The number of rotatable bonds is 3. The number of aromatic nitrogens is 1. The molecule has 102 valence electrons. The molecule has 4 heteroatoms. The van der Waals surface area contributed by atoms with Crippen LogP contribution in [0.2, 0.25) is 0 Å². The lowest BCUT2D eigenvalue weighted by molar-refractivity contribution is 0.123. The van der Waals surface area contributed by atoms with Gasteiger partial charge in [-0.2, -0.15) is 5.26 Å². The molecule has 0 aliphatic heterocycles. The Balaban J connectivity index is 2.38. The van der Waals surface area contributed by atoms with E-state index in [4.69, 9.17) is 4.74 Å². The summed E-state index contributed by atoms with van der Waals surface area (Å²) in [7, 11) is 0. The summed E-state index contributed by atoms with van der Waals surface area (Å²) in [5, 5.41) is 9.25. The van der Waals surface area contributed by atoms with Crippen LogP contribution in [-0.2, 0) is 0 Å². The van der Waals surface area contributed by atoms with Gasteiger partial charge in [0.2, 0.25) is 0 Å². The average molecular weight is 262 g/mol. The number of pyridine rings is 1. The van der Waals surface area contributed by atoms with Crippen LogP contribution in [0.25, 0.3) is 0 Å². The van der Waals surface area contributed by atoms with Crippen molar-refractivity contribution in [1.82, 2.24) is 4.98 Å². The molecule has 1 aliphatic carbocycles. The van der Waals surface area contributed by atoms with Gasteiger partial charge in [0.1, 0.15) is 5.60 Å². The minimum atomic E-state index is -0.479. The van der Waals surface area contributed by atoms with Gasteiger partial charge >= 0.3 is 0 Å². The second-order valence-corrected chi connectivity index (χ2v) is 6.10. The topological polar surface area (TPSA) is 45.9 Å². The maximum atomic E-state index is 14.0. The zero-order valence-electron chi connectivity index (χ0n) is 11.8. The van der Waals surface area contributed by atoms with Crippen LogP contribution in [0.4, 0.5) is 4.39 Å². The van der Waals surface area contributed by atoms with Crippen molar-refractivity contribution < 1.29 is 9.13 Å². The summed E-state index contributed by atoms with van der Waals surface area (Å²) < 4.78 is 19.7. The molecule has 1 unspecified atom stereocenters. The van der Waals surface area contributed by atoms with E-state index >= 15 is 0 Å². The summed E-state index contributed by atoms with van der Waals surface area (Å²) >= 11 is 0. The molecule has 0 spiro atoms. The average Bonchev–Trinajstić information content (AvgIpc) is 3.08. The molecular weight excluding hydrogens is 243 g/mol. The Labute approximate surface area is 113 Å². The lowest BCUT2D eigenvalue weighted by atomic mass is 10.00. The zero-order valence-corrected chi connectivity index (χ0v) is 11.8. The first-order valence-corrected chi connectivity index (χ1v) is 6.57.